The van der Waals surface area contributed by atoms with Crippen molar-refractivity contribution >= 4 is 5.57 Å². The molecule has 0 aliphatic carbocycles. The van der Waals surface area contributed by atoms with E-state index in [1.807, 2.05) is 37.3 Å². The Bertz CT molecular complexity index is 576. The van der Waals surface area contributed by atoms with Gasteiger partial charge < -0.3 is 24.8 Å². The maximum absolute atomic E-state index is 9.86. The van der Waals surface area contributed by atoms with Gasteiger partial charge in [0.2, 0.25) is 6.29 Å². The van der Waals surface area contributed by atoms with E-state index in [-0.39, 0.29) is 6.61 Å². The lowest BCUT2D eigenvalue weighted by molar-refractivity contribution is -0.242. The Labute approximate surface area is 135 Å². The Morgan fingerprint density at radius 3 is 2.52 bits per heavy atom. The van der Waals surface area contributed by atoms with Crippen LogP contribution in [-0.2, 0) is 4.74 Å². The lowest BCUT2D eigenvalue weighted by atomic mass is 10.0. The summed E-state index contributed by atoms with van der Waals surface area (Å²) in [5.74, 6) is 0.500. The fourth-order valence-corrected chi connectivity index (χ4v) is 2.30. The number of aliphatic hydroxyl groups excluding tert-OH is 3. The van der Waals surface area contributed by atoms with Crippen molar-refractivity contribution in [2.45, 2.75) is 31.5 Å². The maximum Gasteiger partial charge on any atom is 0.228 e. The molecule has 1 saturated heterocycles. The van der Waals surface area contributed by atoms with Crippen LogP contribution in [0.15, 0.2) is 55.1 Å². The first-order valence-electron chi connectivity index (χ1n) is 7.45. The fraction of sp³-hybridized carbons (Fsp3) is 0.333. The molecule has 1 heterocycles. The lowest BCUT2D eigenvalue weighted by Crippen LogP contribution is -2.54. The number of benzene rings is 1. The number of hydrogen-bond acceptors (Lipinski definition) is 5. The van der Waals surface area contributed by atoms with Crippen LogP contribution < -0.4 is 4.74 Å². The van der Waals surface area contributed by atoms with Crippen LogP contribution in [-0.4, -0.2) is 46.5 Å². The third kappa shape index (κ3) is 4.30. The summed E-state index contributed by atoms with van der Waals surface area (Å²) in [5, 5.41) is 28.9. The highest BCUT2D eigenvalue weighted by Gasteiger charge is 2.38. The predicted octanol–water partition coefficient (Wildman–Crippen LogP) is 1.65. The zero-order valence-electron chi connectivity index (χ0n) is 13.0. The number of hydrogen-bond donors (Lipinski definition) is 3. The summed E-state index contributed by atoms with van der Waals surface area (Å²) in [7, 11) is 0. The van der Waals surface area contributed by atoms with E-state index >= 15 is 0 Å². The van der Waals surface area contributed by atoms with Crippen LogP contribution in [0.1, 0.15) is 12.5 Å². The molecule has 0 spiro atoms. The Hall–Kier alpha value is -1.92. The molecular weight excluding hydrogens is 296 g/mol. The van der Waals surface area contributed by atoms with Gasteiger partial charge in [0, 0.05) is 0 Å². The van der Waals surface area contributed by atoms with Gasteiger partial charge in [0.1, 0.15) is 24.1 Å². The Balaban J connectivity index is 2.08. The second kappa shape index (κ2) is 8.08. The molecule has 5 heteroatoms. The molecule has 0 amide bonds. The molecule has 0 saturated carbocycles. The molecule has 0 radical (unpaired) electrons. The lowest BCUT2D eigenvalue weighted by Gasteiger charge is -2.34. The van der Waals surface area contributed by atoms with Gasteiger partial charge in [-0.25, -0.2) is 0 Å². The van der Waals surface area contributed by atoms with Crippen LogP contribution >= 0.6 is 0 Å². The van der Waals surface area contributed by atoms with Gasteiger partial charge >= 0.3 is 0 Å². The molecule has 4 unspecified atom stereocenters. The molecule has 1 aliphatic heterocycles. The standard InChI is InChI=1S/C18H22O5/c1-3-5-12(6-4-2)13-7-9-14(10-8-13)23-18-17(21)16(20)15(19)11-22-18/h3-10,15-21H,1,11H2,2H3/b6-4-,12-5+. The number of ether oxygens (including phenoxy) is 2. The van der Waals surface area contributed by atoms with E-state index in [0.717, 1.165) is 11.1 Å². The summed E-state index contributed by atoms with van der Waals surface area (Å²) in [4.78, 5) is 0. The van der Waals surface area contributed by atoms with Gasteiger partial charge in [-0.1, -0.05) is 43.0 Å². The second-order valence-electron chi connectivity index (χ2n) is 5.25. The van der Waals surface area contributed by atoms with Gasteiger partial charge in [-0.3, -0.25) is 0 Å². The molecule has 1 aliphatic rings. The van der Waals surface area contributed by atoms with Crippen molar-refractivity contribution in [2.75, 3.05) is 6.61 Å². The zero-order chi connectivity index (χ0) is 16.8. The second-order valence-corrected chi connectivity index (χ2v) is 5.25. The van der Waals surface area contributed by atoms with E-state index in [1.165, 1.54) is 0 Å². The molecule has 0 aromatic heterocycles. The molecule has 3 N–H and O–H groups in total. The van der Waals surface area contributed by atoms with E-state index < -0.39 is 24.6 Å². The Morgan fingerprint density at radius 1 is 1.22 bits per heavy atom. The largest absolute Gasteiger partial charge is 0.462 e. The van der Waals surface area contributed by atoms with E-state index in [1.54, 1.807) is 18.2 Å². The first-order valence-corrected chi connectivity index (χ1v) is 7.45. The quantitative estimate of drug-likeness (QED) is 0.720. The highest BCUT2D eigenvalue weighted by Crippen LogP contribution is 2.23. The van der Waals surface area contributed by atoms with Crippen molar-refractivity contribution in [1.29, 1.82) is 0 Å². The van der Waals surface area contributed by atoms with Crippen molar-refractivity contribution in [3.05, 3.63) is 60.7 Å². The van der Waals surface area contributed by atoms with Gasteiger partial charge in [0.15, 0.2) is 0 Å². The van der Waals surface area contributed by atoms with Crippen LogP contribution in [0.5, 0.6) is 5.75 Å². The summed E-state index contributed by atoms with van der Waals surface area (Å²) in [5.41, 5.74) is 2.01. The van der Waals surface area contributed by atoms with Crippen molar-refractivity contribution in [1.82, 2.24) is 0 Å². The van der Waals surface area contributed by atoms with Crippen molar-refractivity contribution in [3.63, 3.8) is 0 Å². The molecule has 2 rings (SSSR count). The molecular formula is C18H22O5. The molecule has 1 aromatic rings. The van der Waals surface area contributed by atoms with E-state index in [0.29, 0.717) is 5.75 Å². The van der Waals surface area contributed by atoms with Crippen LogP contribution in [0, 0.1) is 0 Å². The van der Waals surface area contributed by atoms with Crippen LogP contribution in [0.3, 0.4) is 0 Å². The van der Waals surface area contributed by atoms with E-state index in [4.69, 9.17) is 9.47 Å². The summed E-state index contributed by atoms with van der Waals surface area (Å²) in [6.07, 6.45) is 2.82. The van der Waals surface area contributed by atoms with Gasteiger partial charge in [0.25, 0.3) is 0 Å². The van der Waals surface area contributed by atoms with Gasteiger partial charge in [-0.05, 0) is 30.2 Å². The van der Waals surface area contributed by atoms with Crippen molar-refractivity contribution in [3.8, 4) is 5.75 Å². The highest BCUT2D eigenvalue weighted by atomic mass is 16.7. The smallest absolute Gasteiger partial charge is 0.228 e. The number of aliphatic hydroxyl groups is 3. The number of allylic oxidation sites excluding steroid dienone is 5. The minimum absolute atomic E-state index is 0.0888. The molecule has 1 aromatic carbocycles. The summed E-state index contributed by atoms with van der Waals surface area (Å²) >= 11 is 0. The van der Waals surface area contributed by atoms with Gasteiger partial charge in [-0.2, -0.15) is 0 Å². The molecule has 5 nitrogen and oxygen atoms in total. The van der Waals surface area contributed by atoms with Crippen molar-refractivity contribution < 1.29 is 24.8 Å². The minimum Gasteiger partial charge on any atom is -0.462 e. The zero-order valence-corrected chi connectivity index (χ0v) is 13.0. The van der Waals surface area contributed by atoms with Crippen LogP contribution in [0.4, 0.5) is 0 Å². The first-order chi connectivity index (χ1) is 11.1. The first kappa shape index (κ1) is 17.4. The topological polar surface area (TPSA) is 79.2 Å². The highest BCUT2D eigenvalue weighted by molar-refractivity contribution is 5.75. The third-order valence-corrected chi connectivity index (χ3v) is 3.54. The molecule has 1 fully saturated rings. The van der Waals surface area contributed by atoms with Crippen LogP contribution in [0.2, 0.25) is 0 Å². The summed E-state index contributed by atoms with van der Waals surface area (Å²) < 4.78 is 10.8. The Kier molecular flexibility index (Phi) is 6.12. The summed E-state index contributed by atoms with van der Waals surface area (Å²) in [6, 6.07) is 7.27. The molecule has 124 valence electrons. The summed E-state index contributed by atoms with van der Waals surface area (Å²) in [6.45, 7) is 5.55. The molecule has 4 atom stereocenters. The Morgan fingerprint density at radius 2 is 1.91 bits per heavy atom. The van der Waals surface area contributed by atoms with Crippen molar-refractivity contribution in [2.24, 2.45) is 0 Å². The van der Waals surface area contributed by atoms with Gasteiger partial charge in [-0.15, -0.1) is 0 Å². The van der Waals surface area contributed by atoms with Crippen LogP contribution in [0.25, 0.3) is 5.57 Å². The molecule has 23 heavy (non-hydrogen) atoms. The van der Waals surface area contributed by atoms with E-state index in [9.17, 15) is 15.3 Å². The average Bonchev–Trinajstić information content (AvgIpc) is 2.56. The normalized spacial score (nSPS) is 28.8. The van der Waals surface area contributed by atoms with E-state index in [2.05, 4.69) is 6.58 Å². The monoisotopic (exact) mass is 318 g/mol. The third-order valence-electron chi connectivity index (χ3n) is 3.54. The minimum atomic E-state index is -1.31. The predicted molar refractivity (Wildman–Crippen MR) is 87.8 cm³/mol. The maximum atomic E-state index is 9.86. The average molecular weight is 318 g/mol. The molecule has 0 bridgehead atoms. The fourth-order valence-electron chi connectivity index (χ4n) is 2.30. The number of rotatable bonds is 5. The van der Waals surface area contributed by atoms with Gasteiger partial charge in [0.05, 0.1) is 6.61 Å². The SMILES string of the molecule is C=C/C=C(\C=C/C)c1ccc(OC2OCC(O)C(O)C2O)cc1.